The van der Waals surface area contributed by atoms with E-state index in [2.05, 4.69) is 10.2 Å². The second-order valence-electron chi connectivity index (χ2n) is 4.01. The molecule has 1 aromatic carbocycles. The number of alkyl halides is 1. The van der Waals surface area contributed by atoms with E-state index < -0.39 is 5.76 Å². The van der Waals surface area contributed by atoms with Gasteiger partial charge < -0.3 is 9.15 Å². The van der Waals surface area contributed by atoms with Crippen molar-refractivity contribution >= 4 is 46.6 Å². The van der Waals surface area contributed by atoms with E-state index in [9.17, 15) is 4.79 Å². The molecular formula is C12H11Cl3N2O3S. The average Bonchev–Trinajstić information content (AvgIpc) is 2.83. The minimum Gasteiger partial charge on any atom is -0.490 e. The Balaban J connectivity index is 1.72. The Bertz CT molecular complexity index is 647. The van der Waals surface area contributed by atoms with Crippen LogP contribution in [-0.4, -0.2) is 27.9 Å². The number of halogens is 3. The molecule has 0 bridgehead atoms. The van der Waals surface area contributed by atoms with E-state index in [4.69, 9.17) is 44.0 Å². The maximum Gasteiger partial charge on any atom is 0.434 e. The third kappa shape index (κ3) is 5.47. The van der Waals surface area contributed by atoms with E-state index in [0.717, 1.165) is 0 Å². The third-order valence-electron chi connectivity index (χ3n) is 2.32. The Hall–Kier alpha value is -0.820. The Morgan fingerprint density at radius 1 is 1.43 bits per heavy atom. The van der Waals surface area contributed by atoms with Gasteiger partial charge in [-0.25, -0.2) is 9.89 Å². The molecule has 0 aliphatic carbocycles. The number of nitrogens with zero attached hydrogens (tertiary/aromatic N) is 1. The number of ether oxygens (including phenoxy) is 1. The monoisotopic (exact) mass is 368 g/mol. The van der Waals surface area contributed by atoms with Crippen LogP contribution < -0.4 is 10.5 Å². The largest absolute Gasteiger partial charge is 0.490 e. The maximum atomic E-state index is 10.7. The zero-order valence-electron chi connectivity index (χ0n) is 10.6. The standard InChI is InChI=1S/C12H11Cl3N2O3S/c13-7-1-2-10(9(15)3-7)19-4-8(14)5-21-6-11-16-17-12(18)20-11/h1-3,8H,4-6H2,(H,17,18). The number of thioether (sulfide) groups is 1. The van der Waals surface area contributed by atoms with E-state index in [-0.39, 0.29) is 5.38 Å². The van der Waals surface area contributed by atoms with E-state index in [0.29, 0.717) is 39.8 Å². The number of hydrogen-bond donors (Lipinski definition) is 1. The van der Waals surface area contributed by atoms with Crippen LogP contribution in [-0.2, 0) is 5.75 Å². The molecule has 1 aromatic heterocycles. The summed E-state index contributed by atoms with van der Waals surface area (Å²) < 4.78 is 10.3. The van der Waals surface area contributed by atoms with E-state index in [1.165, 1.54) is 11.8 Å². The molecule has 1 N–H and O–H groups in total. The number of nitrogens with one attached hydrogen (secondary N) is 1. The molecule has 0 aliphatic rings. The van der Waals surface area contributed by atoms with Gasteiger partial charge in [-0.1, -0.05) is 23.2 Å². The fourth-order valence-electron chi connectivity index (χ4n) is 1.42. The van der Waals surface area contributed by atoms with E-state index in [1.807, 2.05) is 0 Å². The second-order valence-corrected chi connectivity index (χ2v) is 6.50. The van der Waals surface area contributed by atoms with Gasteiger partial charge in [0.1, 0.15) is 12.4 Å². The predicted molar refractivity (Wildman–Crippen MR) is 84.9 cm³/mol. The summed E-state index contributed by atoms with van der Waals surface area (Å²) in [6, 6.07) is 5.00. The van der Waals surface area contributed by atoms with Gasteiger partial charge in [0.05, 0.1) is 16.2 Å². The highest BCUT2D eigenvalue weighted by molar-refractivity contribution is 7.98. The van der Waals surface area contributed by atoms with Gasteiger partial charge in [-0.15, -0.1) is 16.7 Å². The summed E-state index contributed by atoms with van der Waals surface area (Å²) in [6.45, 7) is 0.306. The van der Waals surface area contributed by atoms with Crippen molar-refractivity contribution in [3.8, 4) is 5.75 Å². The van der Waals surface area contributed by atoms with Crippen molar-refractivity contribution in [3.05, 3.63) is 44.7 Å². The van der Waals surface area contributed by atoms with Crippen molar-refractivity contribution in [3.63, 3.8) is 0 Å². The summed E-state index contributed by atoms with van der Waals surface area (Å²) in [7, 11) is 0. The summed E-state index contributed by atoms with van der Waals surface area (Å²) in [5.74, 6) is 1.40. The predicted octanol–water partition coefficient (Wildman–Crippen LogP) is 3.59. The number of rotatable bonds is 7. The molecule has 0 saturated carbocycles. The molecule has 21 heavy (non-hydrogen) atoms. The molecule has 0 aliphatic heterocycles. The quantitative estimate of drug-likeness (QED) is 0.755. The molecule has 114 valence electrons. The normalized spacial score (nSPS) is 12.3. The lowest BCUT2D eigenvalue weighted by Crippen LogP contribution is -2.14. The number of aromatic nitrogens is 2. The van der Waals surface area contributed by atoms with Crippen LogP contribution in [0, 0.1) is 0 Å². The maximum absolute atomic E-state index is 10.7. The topological polar surface area (TPSA) is 68.1 Å². The summed E-state index contributed by atoms with van der Waals surface area (Å²) in [5.41, 5.74) is 0. The molecular weight excluding hydrogens is 359 g/mol. The third-order valence-corrected chi connectivity index (χ3v) is 4.40. The Morgan fingerprint density at radius 3 is 2.90 bits per heavy atom. The van der Waals surface area contributed by atoms with Gasteiger partial charge in [0, 0.05) is 10.8 Å². The molecule has 0 radical (unpaired) electrons. The van der Waals surface area contributed by atoms with E-state index in [1.54, 1.807) is 18.2 Å². The van der Waals surface area contributed by atoms with E-state index >= 15 is 0 Å². The first-order valence-electron chi connectivity index (χ1n) is 5.88. The Labute approximate surface area is 139 Å². The SMILES string of the molecule is O=c1[nH]nc(CSCC(Cl)COc2ccc(Cl)cc2Cl)o1. The van der Waals surface area contributed by atoms with Crippen LogP contribution in [0.25, 0.3) is 0 Å². The summed E-state index contributed by atoms with van der Waals surface area (Å²) in [6.07, 6.45) is 0. The lowest BCUT2D eigenvalue weighted by molar-refractivity contribution is 0.321. The molecule has 2 rings (SSSR count). The van der Waals surface area contributed by atoms with Crippen LogP contribution in [0.5, 0.6) is 5.75 Å². The summed E-state index contributed by atoms with van der Waals surface area (Å²) in [5, 5.41) is 6.67. The van der Waals surface area contributed by atoms with Gasteiger partial charge in [-0.3, -0.25) is 0 Å². The van der Waals surface area contributed by atoms with Crippen molar-refractivity contribution in [2.24, 2.45) is 0 Å². The highest BCUT2D eigenvalue weighted by Crippen LogP contribution is 2.28. The molecule has 0 fully saturated rings. The average molecular weight is 370 g/mol. The van der Waals surface area contributed by atoms with Crippen LogP contribution >= 0.6 is 46.6 Å². The van der Waals surface area contributed by atoms with Crippen LogP contribution in [0.1, 0.15) is 5.89 Å². The lowest BCUT2D eigenvalue weighted by atomic mass is 10.3. The van der Waals surface area contributed by atoms with Gasteiger partial charge in [0.2, 0.25) is 5.89 Å². The minimum atomic E-state index is -0.561. The molecule has 1 heterocycles. The summed E-state index contributed by atoms with van der Waals surface area (Å²) in [4.78, 5) is 10.7. The number of H-pyrrole nitrogens is 1. The Kier molecular flexibility index (Phi) is 6.29. The van der Waals surface area contributed by atoms with Crippen LogP contribution in [0.3, 0.4) is 0 Å². The van der Waals surface area contributed by atoms with Gasteiger partial charge in [-0.05, 0) is 18.2 Å². The highest BCUT2D eigenvalue weighted by Gasteiger charge is 2.10. The zero-order valence-corrected chi connectivity index (χ0v) is 13.7. The lowest BCUT2D eigenvalue weighted by Gasteiger charge is -2.12. The highest BCUT2D eigenvalue weighted by atomic mass is 35.5. The number of benzene rings is 1. The summed E-state index contributed by atoms with van der Waals surface area (Å²) >= 11 is 19.4. The van der Waals surface area contributed by atoms with Crippen molar-refractivity contribution < 1.29 is 9.15 Å². The van der Waals surface area contributed by atoms with Gasteiger partial charge in [0.15, 0.2) is 0 Å². The molecule has 0 amide bonds. The van der Waals surface area contributed by atoms with Crippen molar-refractivity contribution in [1.82, 2.24) is 10.2 Å². The van der Waals surface area contributed by atoms with Crippen molar-refractivity contribution in [1.29, 1.82) is 0 Å². The fourth-order valence-corrected chi connectivity index (χ4v) is 2.98. The molecule has 5 nitrogen and oxygen atoms in total. The number of aromatic amines is 1. The molecule has 1 atom stereocenters. The van der Waals surface area contributed by atoms with Crippen molar-refractivity contribution in [2.45, 2.75) is 11.1 Å². The smallest absolute Gasteiger partial charge is 0.434 e. The van der Waals surface area contributed by atoms with Crippen LogP contribution in [0.15, 0.2) is 27.4 Å². The first-order valence-corrected chi connectivity index (χ1v) is 8.23. The van der Waals surface area contributed by atoms with Gasteiger partial charge in [-0.2, -0.15) is 11.8 Å². The number of hydrogen-bond acceptors (Lipinski definition) is 5. The Morgan fingerprint density at radius 2 is 2.24 bits per heavy atom. The molecule has 0 saturated heterocycles. The first-order chi connectivity index (χ1) is 10.0. The van der Waals surface area contributed by atoms with Crippen LogP contribution in [0.4, 0.5) is 0 Å². The van der Waals surface area contributed by atoms with Crippen LogP contribution in [0.2, 0.25) is 10.0 Å². The first kappa shape index (κ1) is 16.5. The van der Waals surface area contributed by atoms with Gasteiger partial charge in [0.25, 0.3) is 0 Å². The zero-order chi connectivity index (χ0) is 15.2. The molecule has 9 heteroatoms. The minimum absolute atomic E-state index is 0.215. The molecule has 2 aromatic rings. The second kappa shape index (κ2) is 7.98. The van der Waals surface area contributed by atoms with Gasteiger partial charge >= 0.3 is 5.76 Å². The molecule has 0 spiro atoms. The fraction of sp³-hybridized carbons (Fsp3) is 0.333. The molecule has 1 unspecified atom stereocenters. The van der Waals surface area contributed by atoms with Crippen molar-refractivity contribution in [2.75, 3.05) is 12.4 Å².